The minimum Gasteiger partial charge on any atom is -0.338 e. The molecule has 1 saturated heterocycles. The number of piperazine rings is 1. The molecule has 10 heteroatoms. The van der Waals surface area contributed by atoms with Crippen molar-refractivity contribution in [2.24, 2.45) is 0 Å². The summed E-state index contributed by atoms with van der Waals surface area (Å²) in [5, 5.41) is 5.18. The fourth-order valence-electron chi connectivity index (χ4n) is 2.56. The molecule has 0 unspecified atom stereocenters. The van der Waals surface area contributed by atoms with Gasteiger partial charge in [0.2, 0.25) is 15.9 Å². The normalized spacial score (nSPS) is 16.2. The van der Waals surface area contributed by atoms with Crippen LogP contribution in [0.3, 0.4) is 0 Å². The number of carbonyl (C=O) groups is 2. The number of rotatable bonds is 6. The molecule has 2 rings (SSSR count). The molecule has 0 spiro atoms. The van der Waals surface area contributed by atoms with E-state index >= 15 is 0 Å². The van der Waals surface area contributed by atoms with E-state index < -0.39 is 22.0 Å². The van der Waals surface area contributed by atoms with Crippen molar-refractivity contribution in [3.63, 3.8) is 0 Å². The maximum Gasteiger partial charge on any atom is 0.321 e. The SMILES string of the molecule is CCCNC(=O)NC(=O)CN1CCN(S(=O)(=O)c2cccc(Cl)c2)CC1. The first-order valence-electron chi connectivity index (χ1n) is 8.38. The zero-order valence-corrected chi connectivity index (χ0v) is 16.1. The summed E-state index contributed by atoms with van der Waals surface area (Å²) in [5.74, 6) is -0.412. The highest BCUT2D eigenvalue weighted by Crippen LogP contribution is 2.20. The lowest BCUT2D eigenvalue weighted by atomic mass is 10.3. The Kier molecular flexibility index (Phi) is 7.39. The van der Waals surface area contributed by atoms with Crippen molar-refractivity contribution in [2.45, 2.75) is 18.2 Å². The number of benzene rings is 1. The number of halogens is 1. The number of imide groups is 1. The van der Waals surface area contributed by atoms with Crippen molar-refractivity contribution in [1.82, 2.24) is 19.8 Å². The van der Waals surface area contributed by atoms with E-state index in [1.54, 1.807) is 12.1 Å². The van der Waals surface area contributed by atoms with E-state index in [9.17, 15) is 18.0 Å². The molecule has 144 valence electrons. The molecule has 0 saturated carbocycles. The number of nitrogens with one attached hydrogen (secondary N) is 2. The van der Waals surface area contributed by atoms with Gasteiger partial charge in [-0.15, -0.1) is 0 Å². The van der Waals surface area contributed by atoms with Gasteiger partial charge in [0.25, 0.3) is 0 Å². The molecule has 1 aromatic carbocycles. The van der Waals surface area contributed by atoms with Gasteiger partial charge < -0.3 is 5.32 Å². The highest BCUT2D eigenvalue weighted by Gasteiger charge is 2.29. The Hall–Kier alpha value is -1.68. The summed E-state index contributed by atoms with van der Waals surface area (Å²) in [6.45, 7) is 3.81. The van der Waals surface area contributed by atoms with Gasteiger partial charge in [0.15, 0.2) is 0 Å². The third-order valence-corrected chi connectivity index (χ3v) is 6.05. The summed E-state index contributed by atoms with van der Waals surface area (Å²) < 4.78 is 26.6. The van der Waals surface area contributed by atoms with Crippen LogP contribution in [0.25, 0.3) is 0 Å². The van der Waals surface area contributed by atoms with Crippen LogP contribution in [0, 0.1) is 0 Å². The van der Waals surface area contributed by atoms with Crippen LogP contribution in [0.4, 0.5) is 4.79 Å². The van der Waals surface area contributed by atoms with Crippen molar-refractivity contribution < 1.29 is 18.0 Å². The monoisotopic (exact) mass is 402 g/mol. The molecule has 0 bridgehead atoms. The Balaban J connectivity index is 1.85. The topological polar surface area (TPSA) is 98.8 Å². The van der Waals surface area contributed by atoms with Crippen molar-refractivity contribution in [3.8, 4) is 0 Å². The lowest BCUT2D eigenvalue weighted by molar-refractivity contribution is -0.121. The van der Waals surface area contributed by atoms with Crippen molar-refractivity contribution in [1.29, 1.82) is 0 Å². The Morgan fingerprint density at radius 2 is 1.88 bits per heavy atom. The highest BCUT2D eigenvalue weighted by atomic mass is 35.5. The highest BCUT2D eigenvalue weighted by molar-refractivity contribution is 7.89. The molecule has 0 atom stereocenters. The van der Waals surface area contributed by atoms with Gasteiger partial charge in [-0.25, -0.2) is 13.2 Å². The van der Waals surface area contributed by atoms with Crippen LogP contribution in [0.5, 0.6) is 0 Å². The van der Waals surface area contributed by atoms with Crippen molar-refractivity contribution >= 4 is 33.6 Å². The Morgan fingerprint density at radius 1 is 1.19 bits per heavy atom. The van der Waals surface area contributed by atoms with Gasteiger partial charge in [-0.3, -0.25) is 15.0 Å². The standard InChI is InChI=1S/C16H23ClN4O4S/c1-2-6-18-16(23)19-15(22)12-20-7-9-21(10-8-20)26(24,25)14-5-3-4-13(17)11-14/h3-5,11H,2,6-10,12H2,1H3,(H2,18,19,22,23). The molecule has 8 nitrogen and oxygen atoms in total. The Morgan fingerprint density at radius 3 is 2.50 bits per heavy atom. The summed E-state index contributed by atoms with van der Waals surface area (Å²) >= 11 is 5.88. The van der Waals surface area contributed by atoms with E-state index in [4.69, 9.17) is 11.6 Å². The number of sulfonamides is 1. The third kappa shape index (κ3) is 5.66. The molecular weight excluding hydrogens is 380 g/mol. The van der Waals surface area contributed by atoms with E-state index in [0.717, 1.165) is 6.42 Å². The predicted octanol–water partition coefficient (Wildman–Crippen LogP) is 0.882. The average molecular weight is 403 g/mol. The van der Waals surface area contributed by atoms with Gasteiger partial charge in [-0.05, 0) is 24.6 Å². The molecule has 1 aliphatic rings. The lowest BCUT2D eigenvalue weighted by Gasteiger charge is -2.33. The Bertz CT molecular complexity index is 748. The van der Waals surface area contributed by atoms with E-state index in [0.29, 0.717) is 24.7 Å². The van der Waals surface area contributed by atoms with Gasteiger partial charge in [0.05, 0.1) is 11.4 Å². The minimum atomic E-state index is -3.61. The quantitative estimate of drug-likeness (QED) is 0.736. The van der Waals surface area contributed by atoms with Gasteiger partial charge in [-0.2, -0.15) is 4.31 Å². The summed E-state index contributed by atoms with van der Waals surface area (Å²) in [6.07, 6.45) is 0.782. The Labute approximate surface area is 158 Å². The molecule has 26 heavy (non-hydrogen) atoms. The summed E-state index contributed by atoms with van der Waals surface area (Å²) in [5.41, 5.74) is 0. The van der Waals surface area contributed by atoms with Crippen LogP contribution >= 0.6 is 11.6 Å². The zero-order chi connectivity index (χ0) is 19.2. The zero-order valence-electron chi connectivity index (χ0n) is 14.6. The number of carbonyl (C=O) groups excluding carboxylic acids is 2. The first-order valence-corrected chi connectivity index (χ1v) is 10.2. The summed E-state index contributed by atoms with van der Waals surface area (Å²) in [7, 11) is -3.61. The fourth-order valence-corrected chi connectivity index (χ4v) is 4.28. The molecule has 1 heterocycles. The van der Waals surface area contributed by atoms with E-state index in [1.807, 2.05) is 11.8 Å². The van der Waals surface area contributed by atoms with Crippen LogP contribution in [0.2, 0.25) is 5.02 Å². The van der Waals surface area contributed by atoms with Crippen molar-refractivity contribution in [2.75, 3.05) is 39.3 Å². The number of urea groups is 1. The molecule has 0 radical (unpaired) electrons. The molecular formula is C16H23ClN4O4S. The lowest BCUT2D eigenvalue weighted by Crippen LogP contribution is -2.52. The number of amides is 3. The smallest absolute Gasteiger partial charge is 0.321 e. The van der Waals surface area contributed by atoms with Crippen LogP contribution in [0.15, 0.2) is 29.2 Å². The largest absolute Gasteiger partial charge is 0.338 e. The second kappa shape index (κ2) is 9.31. The molecule has 1 fully saturated rings. The van der Waals surface area contributed by atoms with E-state index in [-0.39, 0.29) is 24.5 Å². The summed E-state index contributed by atoms with van der Waals surface area (Å²) in [4.78, 5) is 25.3. The van der Waals surface area contributed by atoms with Gasteiger partial charge >= 0.3 is 6.03 Å². The number of nitrogens with zero attached hydrogens (tertiary/aromatic N) is 2. The maximum atomic E-state index is 12.6. The summed E-state index contributed by atoms with van der Waals surface area (Å²) in [6, 6.07) is 5.63. The van der Waals surface area contributed by atoms with Gasteiger partial charge in [-0.1, -0.05) is 24.6 Å². The van der Waals surface area contributed by atoms with Gasteiger partial charge in [0, 0.05) is 37.7 Å². The van der Waals surface area contributed by atoms with Gasteiger partial charge in [0.1, 0.15) is 0 Å². The maximum absolute atomic E-state index is 12.6. The molecule has 2 N–H and O–H groups in total. The van der Waals surface area contributed by atoms with Crippen LogP contribution in [0.1, 0.15) is 13.3 Å². The van der Waals surface area contributed by atoms with Crippen LogP contribution in [-0.2, 0) is 14.8 Å². The first kappa shape index (κ1) is 20.6. The van der Waals surface area contributed by atoms with Crippen molar-refractivity contribution in [3.05, 3.63) is 29.3 Å². The predicted molar refractivity (Wildman–Crippen MR) is 98.5 cm³/mol. The second-order valence-corrected chi connectivity index (χ2v) is 8.32. The van der Waals surface area contributed by atoms with E-state index in [2.05, 4.69) is 10.6 Å². The number of hydrogen-bond donors (Lipinski definition) is 2. The molecule has 3 amide bonds. The fraction of sp³-hybridized carbons (Fsp3) is 0.500. The molecule has 0 aromatic heterocycles. The molecule has 1 aromatic rings. The third-order valence-electron chi connectivity index (χ3n) is 3.92. The number of hydrogen-bond acceptors (Lipinski definition) is 5. The van der Waals surface area contributed by atoms with Crippen LogP contribution in [-0.4, -0.2) is 68.8 Å². The van der Waals surface area contributed by atoms with Crippen LogP contribution < -0.4 is 10.6 Å². The molecule has 1 aliphatic heterocycles. The second-order valence-electron chi connectivity index (χ2n) is 5.94. The first-order chi connectivity index (χ1) is 12.3. The average Bonchev–Trinajstić information content (AvgIpc) is 2.60. The van der Waals surface area contributed by atoms with E-state index in [1.165, 1.54) is 16.4 Å². The molecule has 0 aliphatic carbocycles. The minimum absolute atomic E-state index is 0.0462.